The van der Waals surface area contributed by atoms with Gasteiger partial charge in [-0.2, -0.15) is 0 Å². The summed E-state index contributed by atoms with van der Waals surface area (Å²) in [6.07, 6.45) is 0.295. The maximum absolute atomic E-state index is 12.1. The van der Waals surface area contributed by atoms with Gasteiger partial charge in [-0.3, -0.25) is 4.79 Å². The molecule has 0 saturated heterocycles. The summed E-state index contributed by atoms with van der Waals surface area (Å²) in [5.74, 6) is 0.430. The number of para-hydroxylation sites is 1. The fraction of sp³-hybridized carbons (Fsp3) is 0.267. The molecule has 2 heterocycles. The van der Waals surface area contributed by atoms with Gasteiger partial charge in [0.25, 0.3) is 0 Å². The minimum Gasteiger partial charge on any atom is -0.491 e. The van der Waals surface area contributed by atoms with Gasteiger partial charge in [0.2, 0.25) is 5.91 Å². The summed E-state index contributed by atoms with van der Waals surface area (Å²) in [7, 11) is 0. The minimum absolute atomic E-state index is 0.134. The summed E-state index contributed by atoms with van der Waals surface area (Å²) in [5, 5.41) is 12.8. The highest BCUT2D eigenvalue weighted by atomic mass is 35.5. The smallest absolute Gasteiger partial charge is 0.229 e. The Kier molecular flexibility index (Phi) is 4.14. The van der Waals surface area contributed by atoms with Crippen molar-refractivity contribution in [3.05, 3.63) is 45.1 Å². The number of benzene rings is 1. The molecule has 1 aliphatic rings. The Labute approximate surface area is 131 Å². The number of hydrogen-bond donors (Lipinski definition) is 2. The normalized spacial score (nSPS) is 17.0. The van der Waals surface area contributed by atoms with Crippen LogP contribution >= 0.6 is 22.9 Å². The molecule has 21 heavy (non-hydrogen) atoms. The molecule has 1 amide bonds. The SMILES string of the molecule is O=C(Cc1ccc(Cl)s1)Nc1cccc2c1OCC[C@@H]2O. The highest BCUT2D eigenvalue weighted by molar-refractivity contribution is 7.16. The zero-order valence-corrected chi connectivity index (χ0v) is 12.7. The molecule has 1 atom stereocenters. The number of anilines is 1. The monoisotopic (exact) mass is 323 g/mol. The van der Waals surface area contributed by atoms with Crippen LogP contribution in [0.3, 0.4) is 0 Å². The first-order valence-electron chi connectivity index (χ1n) is 6.61. The average molecular weight is 324 g/mol. The van der Waals surface area contributed by atoms with Crippen LogP contribution in [0.5, 0.6) is 5.75 Å². The molecule has 1 aromatic carbocycles. The van der Waals surface area contributed by atoms with Crippen molar-refractivity contribution in [2.24, 2.45) is 0 Å². The summed E-state index contributed by atoms with van der Waals surface area (Å²) in [6.45, 7) is 0.446. The van der Waals surface area contributed by atoms with E-state index in [1.165, 1.54) is 11.3 Å². The summed E-state index contributed by atoms with van der Waals surface area (Å²) in [6, 6.07) is 9.00. The molecule has 0 saturated carbocycles. The molecule has 4 nitrogen and oxygen atoms in total. The summed E-state index contributed by atoms with van der Waals surface area (Å²) < 4.78 is 6.25. The maximum Gasteiger partial charge on any atom is 0.229 e. The number of fused-ring (bicyclic) bond motifs is 1. The Balaban J connectivity index is 1.76. The van der Waals surface area contributed by atoms with E-state index in [1.807, 2.05) is 12.1 Å². The zero-order valence-electron chi connectivity index (χ0n) is 11.1. The molecule has 0 unspecified atom stereocenters. The Morgan fingerprint density at radius 1 is 1.43 bits per heavy atom. The van der Waals surface area contributed by atoms with Crippen molar-refractivity contribution in [1.29, 1.82) is 0 Å². The van der Waals surface area contributed by atoms with Crippen molar-refractivity contribution >= 4 is 34.5 Å². The molecular weight excluding hydrogens is 310 g/mol. The van der Waals surface area contributed by atoms with Gasteiger partial charge in [-0.15, -0.1) is 11.3 Å². The molecule has 0 bridgehead atoms. The molecule has 0 fully saturated rings. The molecule has 0 radical (unpaired) electrons. The van der Waals surface area contributed by atoms with Crippen molar-refractivity contribution in [3.63, 3.8) is 0 Å². The predicted molar refractivity (Wildman–Crippen MR) is 83.2 cm³/mol. The van der Waals surface area contributed by atoms with E-state index >= 15 is 0 Å². The average Bonchev–Trinajstić information content (AvgIpc) is 2.85. The Morgan fingerprint density at radius 3 is 3.05 bits per heavy atom. The van der Waals surface area contributed by atoms with Crippen molar-refractivity contribution in [2.45, 2.75) is 18.9 Å². The molecule has 1 aromatic heterocycles. The molecule has 3 rings (SSSR count). The summed E-state index contributed by atoms with van der Waals surface area (Å²) >= 11 is 7.24. The topological polar surface area (TPSA) is 58.6 Å². The standard InChI is InChI=1S/C15H14ClNO3S/c16-13-5-4-9(21-13)8-14(19)17-11-3-1-2-10-12(18)6-7-20-15(10)11/h1-5,12,18H,6-8H2,(H,17,19)/t12-/m0/s1. The number of rotatable bonds is 3. The van der Waals surface area contributed by atoms with Crippen LogP contribution in [-0.4, -0.2) is 17.6 Å². The molecular formula is C15H14ClNO3S. The number of halogens is 1. The van der Waals surface area contributed by atoms with Gasteiger partial charge in [0.1, 0.15) is 5.75 Å². The number of aliphatic hydroxyl groups is 1. The van der Waals surface area contributed by atoms with Gasteiger partial charge in [-0.1, -0.05) is 23.7 Å². The van der Waals surface area contributed by atoms with E-state index in [2.05, 4.69) is 5.32 Å². The first-order valence-corrected chi connectivity index (χ1v) is 7.81. The molecule has 6 heteroatoms. The van der Waals surface area contributed by atoms with Crippen molar-refractivity contribution in [1.82, 2.24) is 0 Å². The lowest BCUT2D eigenvalue weighted by molar-refractivity contribution is -0.115. The number of ether oxygens (including phenoxy) is 1. The van der Waals surface area contributed by atoms with Gasteiger partial charge in [0.05, 0.1) is 29.2 Å². The highest BCUT2D eigenvalue weighted by Gasteiger charge is 2.22. The maximum atomic E-state index is 12.1. The van der Waals surface area contributed by atoms with E-state index in [4.69, 9.17) is 16.3 Å². The van der Waals surface area contributed by atoms with Crippen LogP contribution in [0.15, 0.2) is 30.3 Å². The predicted octanol–water partition coefficient (Wildman–Crippen LogP) is 3.40. The molecule has 110 valence electrons. The van der Waals surface area contributed by atoms with Crippen LogP contribution in [0.2, 0.25) is 4.34 Å². The lowest BCUT2D eigenvalue weighted by Gasteiger charge is -2.24. The van der Waals surface area contributed by atoms with Gasteiger partial charge >= 0.3 is 0 Å². The van der Waals surface area contributed by atoms with Crippen molar-refractivity contribution < 1.29 is 14.6 Å². The van der Waals surface area contributed by atoms with Crippen molar-refractivity contribution in [2.75, 3.05) is 11.9 Å². The van der Waals surface area contributed by atoms with Crippen LogP contribution in [-0.2, 0) is 11.2 Å². The Bertz CT molecular complexity index is 671. The van der Waals surface area contributed by atoms with E-state index in [1.54, 1.807) is 18.2 Å². The lowest BCUT2D eigenvalue weighted by Crippen LogP contribution is -2.18. The Hall–Kier alpha value is -1.56. The van der Waals surface area contributed by atoms with Gasteiger partial charge in [0.15, 0.2) is 0 Å². The van der Waals surface area contributed by atoms with E-state index in [0.717, 1.165) is 10.4 Å². The van der Waals surface area contributed by atoms with E-state index in [-0.39, 0.29) is 12.3 Å². The molecule has 1 aliphatic heterocycles. The van der Waals surface area contributed by atoms with Gasteiger partial charge in [-0.05, 0) is 18.2 Å². The second-order valence-corrected chi connectivity index (χ2v) is 6.61. The summed E-state index contributed by atoms with van der Waals surface area (Å²) in [5.41, 5.74) is 1.32. The van der Waals surface area contributed by atoms with Crippen LogP contribution in [0.25, 0.3) is 0 Å². The lowest BCUT2D eigenvalue weighted by atomic mass is 10.0. The highest BCUT2D eigenvalue weighted by Crippen LogP contribution is 2.37. The molecule has 0 spiro atoms. The third-order valence-electron chi connectivity index (χ3n) is 3.28. The first-order chi connectivity index (χ1) is 10.1. The Morgan fingerprint density at radius 2 is 2.29 bits per heavy atom. The number of carbonyl (C=O) groups excluding carboxylic acids is 1. The fourth-order valence-corrected chi connectivity index (χ4v) is 3.39. The number of aliphatic hydroxyl groups excluding tert-OH is 1. The zero-order chi connectivity index (χ0) is 14.8. The van der Waals surface area contributed by atoms with Crippen LogP contribution in [0.4, 0.5) is 5.69 Å². The van der Waals surface area contributed by atoms with Crippen LogP contribution in [0, 0.1) is 0 Å². The minimum atomic E-state index is -0.540. The fourth-order valence-electron chi connectivity index (χ4n) is 2.30. The van der Waals surface area contributed by atoms with Gasteiger partial charge < -0.3 is 15.2 Å². The van der Waals surface area contributed by atoms with Crippen LogP contribution in [0.1, 0.15) is 23.0 Å². The molecule has 2 aromatic rings. The number of thiophene rings is 1. The molecule has 0 aliphatic carbocycles. The molecule has 2 N–H and O–H groups in total. The largest absolute Gasteiger partial charge is 0.491 e. The number of nitrogens with one attached hydrogen (secondary N) is 1. The van der Waals surface area contributed by atoms with Gasteiger partial charge in [-0.25, -0.2) is 0 Å². The van der Waals surface area contributed by atoms with Crippen molar-refractivity contribution in [3.8, 4) is 5.75 Å². The first kappa shape index (κ1) is 14.4. The number of amides is 1. The van der Waals surface area contributed by atoms with Gasteiger partial charge in [0, 0.05) is 16.9 Å². The van der Waals surface area contributed by atoms with E-state index in [0.29, 0.717) is 28.8 Å². The van der Waals surface area contributed by atoms with E-state index < -0.39 is 6.10 Å². The van der Waals surface area contributed by atoms with E-state index in [9.17, 15) is 9.90 Å². The number of hydrogen-bond acceptors (Lipinski definition) is 4. The number of carbonyl (C=O) groups is 1. The second-order valence-electron chi connectivity index (χ2n) is 4.81. The summed E-state index contributed by atoms with van der Waals surface area (Å²) in [4.78, 5) is 13.0. The van der Waals surface area contributed by atoms with Crippen LogP contribution < -0.4 is 10.1 Å². The quantitative estimate of drug-likeness (QED) is 0.910. The third kappa shape index (κ3) is 3.20. The third-order valence-corrected chi connectivity index (χ3v) is 4.51. The second kappa shape index (κ2) is 6.05.